The van der Waals surface area contributed by atoms with E-state index in [2.05, 4.69) is 41.1 Å². The van der Waals surface area contributed by atoms with Crippen LogP contribution in [0.5, 0.6) is 5.88 Å². The summed E-state index contributed by atoms with van der Waals surface area (Å²) in [6.07, 6.45) is 11.2. The van der Waals surface area contributed by atoms with Crippen molar-refractivity contribution in [3.05, 3.63) is 116 Å². The molecule has 2 aromatic carbocycles. The third-order valence-corrected chi connectivity index (χ3v) is 8.54. The van der Waals surface area contributed by atoms with Crippen molar-refractivity contribution >= 4 is 28.8 Å². The van der Waals surface area contributed by atoms with Crippen LogP contribution in [0.1, 0.15) is 42.0 Å². The van der Waals surface area contributed by atoms with Gasteiger partial charge in [-0.1, -0.05) is 48.5 Å². The Bertz CT molecular complexity index is 2010. The molecule has 1 unspecified atom stereocenters. The summed E-state index contributed by atoms with van der Waals surface area (Å²) in [4.78, 5) is 42.0. The molecule has 1 aliphatic carbocycles. The van der Waals surface area contributed by atoms with Gasteiger partial charge in [0.1, 0.15) is 0 Å². The Morgan fingerprint density at radius 2 is 1.85 bits per heavy atom. The summed E-state index contributed by atoms with van der Waals surface area (Å²) in [5.74, 6) is 0.638. The summed E-state index contributed by atoms with van der Waals surface area (Å²) in [5.41, 5.74) is 7.00. The molecule has 0 saturated carbocycles. The maximum atomic E-state index is 11.6. The van der Waals surface area contributed by atoms with Crippen molar-refractivity contribution in [2.75, 3.05) is 13.7 Å². The number of nitrogens with one attached hydrogen (secondary N) is 1. The average molecular weight is 746 g/mol. The molecule has 0 bridgehead atoms. The van der Waals surface area contributed by atoms with Gasteiger partial charge in [-0.3, -0.25) is 6.29 Å². The fraction of sp³-hybridized carbons (Fsp3) is 0.278. The normalized spacial score (nSPS) is 13.1. The quantitative estimate of drug-likeness (QED) is 0.124. The molecular formula is C36H34ClMn2N5O4. The molecule has 0 spiro atoms. The van der Waals surface area contributed by atoms with Gasteiger partial charge in [0.2, 0.25) is 5.88 Å². The molecule has 0 aliphatic heterocycles. The van der Waals surface area contributed by atoms with Gasteiger partial charge < -0.3 is 40.2 Å². The van der Waals surface area contributed by atoms with E-state index in [1.165, 1.54) is 23.4 Å². The number of pyridine rings is 2. The van der Waals surface area contributed by atoms with E-state index in [1.807, 2.05) is 43.5 Å². The fourth-order valence-electron chi connectivity index (χ4n) is 5.71. The van der Waals surface area contributed by atoms with Crippen LogP contribution >= 0.6 is 11.6 Å². The number of halogens is 1. The second-order valence-electron chi connectivity index (χ2n) is 11.0. The van der Waals surface area contributed by atoms with Crippen LogP contribution in [0.15, 0.2) is 64.3 Å². The first kappa shape index (κ1) is 38.9. The number of fused-ring (bicyclic) bond motifs is 2. The van der Waals surface area contributed by atoms with Crippen molar-refractivity contribution < 1.29 is 43.7 Å². The molecule has 3 aromatic heterocycles. The van der Waals surface area contributed by atoms with Gasteiger partial charge >= 0.3 is 39.8 Å². The second kappa shape index (κ2) is 17.7. The molecule has 48 heavy (non-hydrogen) atoms. The van der Waals surface area contributed by atoms with Crippen molar-refractivity contribution in [2.45, 2.75) is 38.6 Å². The summed E-state index contributed by atoms with van der Waals surface area (Å²) in [6.45, 7) is 2.77. The summed E-state index contributed by atoms with van der Waals surface area (Å²) >= 11 is 6.90. The predicted molar refractivity (Wildman–Crippen MR) is 180 cm³/mol. The molecular weight excluding hydrogens is 712 g/mol. The number of methoxy groups -OCH3 is 1. The van der Waals surface area contributed by atoms with Gasteiger partial charge in [-0.2, -0.15) is 36.2 Å². The summed E-state index contributed by atoms with van der Waals surface area (Å²) in [7, 11) is 4.71. The number of benzene rings is 2. The van der Waals surface area contributed by atoms with E-state index in [9.17, 15) is 14.4 Å². The Hall–Kier alpha value is -3.56. The number of aryl methyl sites for hydroxylation is 3. The van der Waals surface area contributed by atoms with Crippen LogP contribution in [0, 0.1) is 25.6 Å². The molecule has 9 nitrogen and oxygen atoms in total. The third-order valence-electron chi connectivity index (χ3n) is 8.13. The number of ether oxygens (including phenoxy) is 1. The largest absolute Gasteiger partial charge is 2.00 e. The Morgan fingerprint density at radius 3 is 2.58 bits per heavy atom. The zero-order valence-corrected chi connectivity index (χ0v) is 30.1. The van der Waals surface area contributed by atoms with E-state index in [-0.39, 0.29) is 51.4 Å². The molecule has 12 heteroatoms. The Balaban J connectivity index is 0.000000329. The fourth-order valence-corrected chi connectivity index (χ4v) is 6.04. The molecule has 6 rings (SSSR count). The minimum Gasteiger partial charge on any atom is -0.542 e. The van der Waals surface area contributed by atoms with E-state index in [4.69, 9.17) is 21.3 Å². The molecule has 248 valence electrons. The summed E-state index contributed by atoms with van der Waals surface area (Å²) in [5, 5.41) is 4.55. The number of unbranched alkanes of at least 4 members (excludes halogenated alkanes) is 2. The molecule has 0 saturated heterocycles. The van der Waals surface area contributed by atoms with Gasteiger partial charge in [-0.05, 0) is 41.6 Å². The number of rotatable bonds is 9. The SMILES string of the molecule is COc1nc(-c2cccc(-c3ccc[c-]c3C)c2Cl)cc2c1C(NC[CH-]CC[C-]=O)CC2.Cn1c(=O)c2[c-]nccc2n(C)c1=O.[Mn+2].[Mn+2]. The number of hydrogen-bond acceptors (Lipinski definition) is 7. The van der Waals surface area contributed by atoms with Gasteiger partial charge in [-0.25, -0.2) is 16.2 Å². The second-order valence-corrected chi connectivity index (χ2v) is 11.3. The van der Waals surface area contributed by atoms with Crippen molar-refractivity contribution in [3.8, 4) is 28.3 Å². The zero-order chi connectivity index (χ0) is 32.8. The van der Waals surface area contributed by atoms with Gasteiger partial charge in [0.25, 0.3) is 0 Å². The Kier molecular flexibility index (Phi) is 14.4. The maximum absolute atomic E-state index is 11.6. The molecule has 3 heterocycles. The number of nitrogens with zero attached hydrogens (tertiary/aromatic N) is 4. The number of aromatic nitrogens is 4. The van der Waals surface area contributed by atoms with E-state index in [1.54, 1.807) is 20.2 Å². The summed E-state index contributed by atoms with van der Waals surface area (Å²) in [6, 6.07) is 19.2. The van der Waals surface area contributed by atoms with E-state index < -0.39 is 0 Å². The van der Waals surface area contributed by atoms with Crippen molar-refractivity contribution in [2.24, 2.45) is 14.1 Å². The number of hydrogen-bond donors (Lipinski definition) is 1. The van der Waals surface area contributed by atoms with Crippen LogP contribution in [0.2, 0.25) is 5.02 Å². The molecule has 1 aliphatic rings. The standard InChI is InChI=1S/C27H26ClN2O2.C9H8N3O2.2Mn/c1-18-9-4-5-10-20(18)21-11-8-12-22(26(21)28)24-17-19-13-14-23(25(19)27(30-24)32-2)29-15-6-3-7-16-31;1-11-7-3-4-10-5-6(7)8(13)12(2)9(11)14;;/h4-6,8,10-12,17,23,29H,3,7,13-15H2,1-2H3;3-4H,1-2H3;;/q-3;-1;2*+2. The first-order valence-electron chi connectivity index (χ1n) is 14.9. The minimum atomic E-state index is -0.365. The Labute approximate surface area is 306 Å². The molecule has 2 radical (unpaired) electrons. The smallest absolute Gasteiger partial charge is 0.542 e. The van der Waals surface area contributed by atoms with Crippen molar-refractivity contribution in [1.82, 2.24) is 24.4 Å². The van der Waals surface area contributed by atoms with Crippen LogP contribution < -0.4 is 21.3 Å². The number of carbonyl (C=O) groups excluding carboxylic acids is 1. The molecule has 5 aromatic rings. The van der Waals surface area contributed by atoms with Gasteiger partial charge in [0.15, 0.2) is 5.56 Å². The first-order chi connectivity index (χ1) is 22.3. The van der Waals surface area contributed by atoms with E-state index in [0.29, 0.717) is 28.2 Å². The van der Waals surface area contributed by atoms with Crippen LogP contribution in [0.4, 0.5) is 0 Å². The van der Waals surface area contributed by atoms with Gasteiger partial charge in [0.05, 0.1) is 12.8 Å². The van der Waals surface area contributed by atoms with Crippen LogP contribution in [-0.4, -0.2) is 39.0 Å². The topological polar surface area (TPSA) is 108 Å². The third kappa shape index (κ3) is 8.17. The van der Waals surface area contributed by atoms with Crippen LogP contribution in [0.25, 0.3) is 33.3 Å². The van der Waals surface area contributed by atoms with Gasteiger partial charge in [0, 0.05) is 36.3 Å². The summed E-state index contributed by atoms with van der Waals surface area (Å²) < 4.78 is 8.15. The van der Waals surface area contributed by atoms with Crippen molar-refractivity contribution in [1.29, 1.82) is 0 Å². The molecule has 1 N–H and O–H groups in total. The molecule has 0 fully saturated rings. The minimum absolute atomic E-state index is 0. The predicted octanol–water partition coefficient (Wildman–Crippen LogP) is 5.28. The van der Waals surface area contributed by atoms with Crippen molar-refractivity contribution in [3.63, 3.8) is 0 Å². The maximum Gasteiger partial charge on any atom is 2.00 e. The van der Waals surface area contributed by atoms with Crippen LogP contribution in [0.3, 0.4) is 0 Å². The zero-order valence-electron chi connectivity index (χ0n) is 26.9. The van der Waals surface area contributed by atoms with Gasteiger partial charge in [-0.15, -0.1) is 18.2 Å². The molecule has 0 amide bonds. The average Bonchev–Trinajstić information content (AvgIpc) is 3.49. The van der Waals surface area contributed by atoms with E-state index >= 15 is 0 Å². The first-order valence-corrected chi connectivity index (χ1v) is 15.3. The van der Waals surface area contributed by atoms with E-state index in [0.717, 1.165) is 63.9 Å². The van der Waals surface area contributed by atoms with Crippen LogP contribution in [-0.2, 0) is 59.4 Å². The Morgan fingerprint density at radius 1 is 1.10 bits per heavy atom. The molecule has 1 atom stereocenters. The monoisotopic (exact) mass is 745 g/mol.